The van der Waals surface area contributed by atoms with Crippen LogP contribution in [0.15, 0.2) is 60.9 Å². The summed E-state index contributed by atoms with van der Waals surface area (Å²) in [5, 5.41) is 18.3. The third-order valence-corrected chi connectivity index (χ3v) is 4.83. The second kappa shape index (κ2) is 11.3. The summed E-state index contributed by atoms with van der Waals surface area (Å²) < 4.78 is 5.99. The van der Waals surface area contributed by atoms with E-state index in [4.69, 9.17) is 32.6 Å². The van der Waals surface area contributed by atoms with Crippen molar-refractivity contribution in [2.75, 3.05) is 29.5 Å². The first-order valence-corrected chi connectivity index (χ1v) is 10.3. The molecule has 2 N–H and O–H groups in total. The Hall–Kier alpha value is -4.34. The number of nitriles is 2. The fourth-order valence-corrected chi connectivity index (χ4v) is 3.26. The lowest BCUT2D eigenvalue weighted by molar-refractivity contribution is 0.255. The Labute approximate surface area is 196 Å². The summed E-state index contributed by atoms with van der Waals surface area (Å²) in [4.78, 5) is 23.5. The molecule has 0 atom stereocenters. The van der Waals surface area contributed by atoms with Gasteiger partial charge in [0.25, 0.3) is 0 Å². The number of anilines is 3. The highest BCUT2D eigenvalue weighted by atomic mass is 35.5. The largest absolute Gasteiger partial charge is 0.490 e. The van der Waals surface area contributed by atoms with Crippen molar-refractivity contribution in [3.8, 4) is 17.9 Å². The van der Waals surface area contributed by atoms with Gasteiger partial charge in [-0.25, -0.2) is 19.7 Å². The Morgan fingerprint density at radius 3 is 2.52 bits per heavy atom. The monoisotopic (exact) mass is 461 g/mol. The van der Waals surface area contributed by atoms with Crippen LogP contribution in [-0.4, -0.2) is 35.7 Å². The van der Waals surface area contributed by atoms with Crippen LogP contribution in [0.3, 0.4) is 0 Å². The summed E-state index contributed by atoms with van der Waals surface area (Å²) in [6.45, 7) is 1.31. The lowest BCUT2D eigenvalue weighted by atomic mass is 10.2. The lowest BCUT2D eigenvalue weighted by Crippen LogP contribution is -2.33. The van der Waals surface area contributed by atoms with E-state index in [9.17, 15) is 4.79 Å². The summed E-state index contributed by atoms with van der Waals surface area (Å²) in [6.07, 6.45) is 2.88. The first-order valence-electron chi connectivity index (χ1n) is 9.94. The zero-order valence-electron chi connectivity index (χ0n) is 17.6. The van der Waals surface area contributed by atoms with Crippen LogP contribution in [0, 0.1) is 22.7 Å². The quantitative estimate of drug-likeness (QED) is 0.508. The van der Waals surface area contributed by atoms with Crippen molar-refractivity contribution in [3.63, 3.8) is 0 Å². The number of primary amides is 1. The van der Waals surface area contributed by atoms with Crippen molar-refractivity contribution >= 4 is 34.8 Å². The minimum Gasteiger partial charge on any atom is -0.490 e. The molecule has 0 aliphatic carbocycles. The normalized spacial score (nSPS) is 10.0. The molecule has 0 aliphatic heterocycles. The predicted molar refractivity (Wildman–Crippen MR) is 124 cm³/mol. The Morgan fingerprint density at radius 1 is 1.09 bits per heavy atom. The molecule has 33 heavy (non-hydrogen) atoms. The van der Waals surface area contributed by atoms with Crippen molar-refractivity contribution in [1.29, 1.82) is 10.5 Å². The van der Waals surface area contributed by atoms with Crippen molar-refractivity contribution < 1.29 is 9.53 Å². The molecule has 1 aromatic heterocycles. The lowest BCUT2D eigenvalue weighted by Gasteiger charge is -2.25. The van der Waals surface area contributed by atoms with Gasteiger partial charge in [-0.3, -0.25) is 0 Å². The molecule has 2 aromatic carbocycles. The third-order valence-electron chi connectivity index (χ3n) is 4.60. The average Bonchev–Trinajstić information content (AvgIpc) is 2.83. The van der Waals surface area contributed by atoms with E-state index in [1.165, 1.54) is 18.5 Å². The van der Waals surface area contributed by atoms with Gasteiger partial charge in [-0.2, -0.15) is 10.5 Å². The number of hydrogen-bond acceptors (Lipinski definition) is 7. The highest BCUT2D eigenvalue weighted by molar-refractivity contribution is 6.31. The van der Waals surface area contributed by atoms with Crippen LogP contribution < -0.4 is 20.3 Å². The van der Waals surface area contributed by atoms with Crippen LogP contribution in [0.2, 0.25) is 5.02 Å². The van der Waals surface area contributed by atoms with E-state index in [-0.39, 0.29) is 23.8 Å². The molecular weight excluding hydrogens is 442 g/mol. The maximum atomic E-state index is 12.3. The van der Waals surface area contributed by atoms with Gasteiger partial charge in [0.1, 0.15) is 18.4 Å². The van der Waals surface area contributed by atoms with Gasteiger partial charge in [0.15, 0.2) is 11.5 Å². The number of ether oxygens (including phenoxy) is 1. The number of urea groups is 1. The first kappa shape index (κ1) is 23.3. The smallest absolute Gasteiger partial charge is 0.325 e. The molecule has 3 rings (SSSR count). The van der Waals surface area contributed by atoms with Crippen molar-refractivity contribution in [3.05, 3.63) is 71.6 Å². The first-order chi connectivity index (χ1) is 16.0. The number of nitrogens with two attached hydrogens (primary N) is 1. The van der Waals surface area contributed by atoms with Gasteiger partial charge in [0.2, 0.25) is 0 Å². The number of aromatic nitrogens is 2. The number of hydrogen-bond donors (Lipinski definition) is 1. The third kappa shape index (κ3) is 6.10. The molecule has 0 unspecified atom stereocenters. The maximum absolute atomic E-state index is 12.3. The molecule has 0 saturated heterocycles. The Balaban J connectivity index is 1.83. The highest BCUT2D eigenvalue weighted by Gasteiger charge is 2.22. The molecule has 3 aromatic rings. The van der Waals surface area contributed by atoms with Crippen LogP contribution in [0.1, 0.15) is 12.1 Å². The summed E-state index contributed by atoms with van der Waals surface area (Å²) in [7, 11) is 0. The van der Waals surface area contributed by atoms with E-state index in [0.29, 0.717) is 30.3 Å². The van der Waals surface area contributed by atoms with Crippen LogP contribution in [0.25, 0.3) is 0 Å². The number of nitrogens with zero attached hydrogens (tertiary/aromatic N) is 6. The Kier molecular flexibility index (Phi) is 8.01. The minimum absolute atomic E-state index is 0.101. The second-order valence-corrected chi connectivity index (χ2v) is 7.17. The average molecular weight is 462 g/mol. The second-order valence-electron chi connectivity index (χ2n) is 6.74. The molecule has 166 valence electrons. The van der Waals surface area contributed by atoms with Gasteiger partial charge >= 0.3 is 6.03 Å². The van der Waals surface area contributed by atoms with Gasteiger partial charge in [-0.1, -0.05) is 29.8 Å². The van der Waals surface area contributed by atoms with Gasteiger partial charge in [0, 0.05) is 17.3 Å². The molecule has 1 heterocycles. The predicted octanol–water partition coefficient (Wildman–Crippen LogP) is 4.02. The Morgan fingerprint density at radius 2 is 1.88 bits per heavy atom. The van der Waals surface area contributed by atoms with E-state index in [1.54, 1.807) is 12.1 Å². The molecule has 0 saturated carbocycles. The Bertz CT molecular complexity index is 1170. The van der Waals surface area contributed by atoms with Crippen LogP contribution in [-0.2, 0) is 0 Å². The van der Waals surface area contributed by atoms with Crippen LogP contribution in [0.5, 0.6) is 5.75 Å². The summed E-state index contributed by atoms with van der Waals surface area (Å²) in [5.41, 5.74) is 6.98. The zero-order chi connectivity index (χ0) is 23.6. The number of halogens is 1. The number of rotatable bonds is 9. The number of amides is 2. The molecule has 0 spiro atoms. The minimum atomic E-state index is -0.818. The molecule has 2 amide bonds. The fourth-order valence-electron chi connectivity index (χ4n) is 3.10. The topological polar surface area (TPSA) is 132 Å². The summed E-state index contributed by atoms with van der Waals surface area (Å²) in [6, 6.07) is 17.7. The molecule has 10 heteroatoms. The van der Waals surface area contributed by atoms with Gasteiger partial charge in [-0.05, 0) is 30.3 Å². The number of para-hydroxylation sites is 1. The van der Waals surface area contributed by atoms with Crippen molar-refractivity contribution in [2.45, 2.75) is 6.42 Å². The highest BCUT2D eigenvalue weighted by Crippen LogP contribution is 2.35. The molecule has 0 aliphatic rings. The van der Waals surface area contributed by atoms with Gasteiger partial charge in [0.05, 0.1) is 37.1 Å². The molecule has 0 fully saturated rings. The van der Waals surface area contributed by atoms with E-state index < -0.39 is 6.03 Å². The SMILES string of the molecule is N#CCCN(CCOc1ccc(Cl)cc1N(C(N)=O)c1cnc(C#N)cn1)c1ccccc1. The van der Waals surface area contributed by atoms with Crippen molar-refractivity contribution in [1.82, 2.24) is 9.97 Å². The van der Waals surface area contributed by atoms with E-state index in [0.717, 1.165) is 10.6 Å². The van der Waals surface area contributed by atoms with Gasteiger partial charge in [-0.15, -0.1) is 0 Å². The molecule has 0 radical (unpaired) electrons. The zero-order valence-corrected chi connectivity index (χ0v) is 18.3. The maximum Gasteiger partial charge on any atom is 0.325 e. The van der Waals surface area contributed by atoms with Gasteiger partial charge < -0.3 is 15.4 Å². The van der Waals surface area contributed by atoms with Crippen LogP contribution in [0.4, 0.5) is 22.0 Å². The van der Waals surface area contributed by atoms with E-state index in [2.05, 4.69) is 16.0 Å². The van der Waals surface area contributed by atoms with Crippen LogP contribution >= 0.6 is 11.6 Å². The molecule has 0 bridgehead atoms. The van der Waals surface area contributed by atoms with Crippen molar-refractivity contribution in [2.24, 2.45) is 5.73 Å². The van der Waals surface area contributed by atoms with E-state index in [1.807, 2.05) is 41.3 Å². The standard InChI is InChI=1S/C23H20ClN7O2/c24-17-7-8-21(33-12-11-30(10-4-9-25)19-5-2-1-3-6-19)20(13-17)31(23(27)32)22-16-28-18(14-26)15-29-22/h1-3,5-8,13,15-16H,4,10-12H2,(H2,27,32). The van der Waals surface area contributed by atoms with E-state index >= 15 is 0 Å². The molecule has 9 nitrogen and oxygen atoms in total. The number of carbonyl (C=O) groups excluding carboxylic acids is 1. The fraction of sp³-hybridized carbons (Fsp3) is 0.174. The summed E-state index contributed by atoms with van der Waals surface area (Å²) in [5.74, 6) is 0.478. The molecular formula is C23H20ClN7O2. The number of benzene rings is 2. The summed E-state index contributed by atoms with van der Waals surface area (Å²) >= 11 is 6.17. The number of carbonyl (C=O) groups is 1.